The first-order chi connectivity index (χ1) is 13.9. The fourth-order valence-corrected chi connectivity index (χ4v) is 3.89. The van der Waals surface area contributed by atoms with Crippen LogP contribution in [-0.4, -0.2) is 39.8 Å². The number of likely N-dealkylation sites (tertiary alicyclic amines) is 1. The molecule has 4 rings (SSSR count). The van der Waals surface area contributed by atoms with Crippen LogP contribution in [0.4, 0.5) is 10.5 Å². The van der Waals surface area contributed by atoms with Gasteiger partial charge in [0.1, 0.15) is 5.82 Å². The number of nitrogens with zero attached hydrogens (tertiary/aromatic N) is 2. The summed E-state index contributed by atoms with van der Waals surface area (Å²) in [6.07, 6.45) is 1.93. The standard InChI is InChI=1S/C23H26N4O2/c1-14-10-20-21(11-15(14)2)26-22(25-20)18-7-5-9-27(13-18)23(29)24-19-8-4-6-17(12-19)16(3)28/h4,6,8,10-12,18H,5,7,9,13H2,1-3H3,(H,24,29)(H,25,26). The second-order valence-corrected chi connectivity index (χ2v) is 7.93. The number of aryl methyl sites for hydroxylation is 2. The van der Waals surface area contributed by atoms with Gasteiger partial charge >= 0.3 is 6.03 Å². The van der Waals surface area contributed by atoms with Crippen molar-refractivity contribution >= 4 is 28.5 Å². The molecule has 2 aromatic carbocycles. The molecular formula is C23H26N4O2. The van der Waals surface area contributed by atoms with Gasteiger partial charge < -0.3 is 15.2 Å². The van der Waals surface area contributed by atoms with E-state index in [1.165, 1.54) is 18.1 Å². The molecule has 1 aliphatic heterocycles. The van der Waals surface area contributed by atoms with Gasteiger partial charge in [-0.3, -0.25) is 4.79 Å². The van der Waals surface area contributed by atoms with Crippen LogP contribution in [0.2, 0.25) is 0 Å². The summed E-state index contributed by atoms with van der Waals surface area (Å²) < 4.78 is 0. The summed E-state index contributed by atoms with van der Waals surface area (Å²) in [6.45, 7) is 7.05. The predicted octanol–water partition coefficient (Wildman–Crippen LogP) is 4.79. The van der Waals surface area contributed by atoms with Crippen LogP contribution in [0, 0.1) is 13.8 Å². The lowest BCUT2D eigenvalue weighted by Gasteiger charge is -2.31. The van der Waals surface area contributed by atoms with Crippen molar-refractivity contribution in [2.75, 3.05) is 18.4 Å². The molecule has 1 unspecified atom stereocenters. The molecule has 0 bridgehead atoms. The first kappa shape index (κ1) is 19.2. The lowest BCUT2D eigenvalue weighted by atomic mass is 9.97. The van der Waals surface area contributed by atoms with E-state index in [-0.39, 0.29) is 17.7 Å². The molecular weight excluding hydrogens is 364 g/mol. The number of Topliss-reactive ketones (excluding diaryl/α,β-unsaturated/α-hetero) is 1. The molecule has 29 heavy (non-hydrogen) atoms. The number of urea groups is 1. The molecule has 1 aromatic heterocycles. The zero-order chi connectivity index (χ0) is 20.5. The molecule has 1 atom stereocenters. The maximum Gasteiger partial charge on any atom is 0.321 e. The molecule has 6 nitrogen and oxygen atoms in total. The van der Waals surface area contributed by atoms with Crippen LogP contribution >= 0.6 is 0 Å². The van der Waals surface area contributed by atoms with E-state index in [0.29, 0.717) is 24.3 Å². The first-order valence-electron chi connectivity index (χ1n) is 10.0. The van der Waals surface area contributed by atoms with Crippen LogP contribution in [0.25, 0.3) is 11.0 Å². The van der Waals surface area contributed by atoms with Crippen LogP contribution in [0.1, 0.15) is 53.0 Å². The second-order valence-electron chi connectivity index (χ2n) is 7.93. The topological polar surface area (TPSA) is 78.1 Å². The van der Waals surface area contributed by atoms with Gasteiger partial charge in [-0.15, -0.1) is 0 Å². The summed E-state index contributed by atoms with van der Waals surface area (Å²) in [5.74, 6) is 1.11. The molecule has 0 spiro atoms. The van der Waals surface area contributed by atoms with Gasteiger partial charge in [-0.1, -0.05) is 12.1 Å². The number of aromatic amines is 1. The molecule has 1 fully saturated rings. The fraction of sp³-hybridized carbons (Fsp3) is 0.348. The molecule has 6 heteroatoms. The van der Waals surface area contributed by atoms with Crippen molar-refractivity contribution in [2.24, 2.45) is 0 Å². The molecule has 0 radical (unpaired) electrons. The SMILES string of the molecule is CC(=O)c1cccc(NC(=O)N2CCCC(c3nc4cc(C)c(C)cc4[nH]3)C2)c1. The smallest absolute Gasteiger partial charge is 0.321 e. The number of benzene rings is 2. The maximum atomic E-state index is 12.8. The third-order valence-electron chi connectivity index (χ3n) is 5.73. The van der Waals surface area contributed by atoms with E-state index in [1.807, 2.05) is 4.90 Å². The number of ketones is 1. The van der Waals surface area contributed by atoms with E-state index >= 15 is 0 Å². The minimum atomic E-state index is -0.141. The Morgan fingerprint density at radius 2 is 1.97 bits per heavy atom. The number of amides is 2. The van der Waals surface area contributed by atoms with Crippen molar-refractivity contribution in [3.8, 4) is 0 Å². The summed E-state index contributed by atoms with van der Waals surface area (Å²) >= 11 is 0. The number of H-pyrrole nitrogens is 1. The van der Waals surface area contributed by atoms with Gasteiger partial charge in [-0.25, -0.2) is 9.78 Å². The maximum absolute atomic E-state index is 12.8. The van der Waals surface area contributed by atoms with Crippen molar-refractivity contribution in [1.82, 2.24) is 14.9 Å². The Balaban J connectivity index is 1.48. The largest absolute Gasteiger partial charge is 0.342 e. The van der Waals surface area contributed by atoms with E-state index < -0.39 is 0 Å². The third-order valence-corrected chi connectivity index (χ3v) is 5.73. The van der Waals surface area contributed by atoms with E-state index in [4.69, 9.17) is 4.98 Å². The van der Waals surface area contributed by atoms with Gasteiger partial charge in [-0.05, 0) is 69.0 Å². The van der Waals surface area contributed by atoms with Gasteiger partial charge in [0.15, 0.2) is 5.78 Å². The number of carbonyl (C=O) groups is 2. The predicted molar refractivity (Wildman–Crippen MR) is 115 cm³/mol. The van der Waals surface area contributed by atoms with E-state index in [0.717, 1.165) is 29.7 Å². The lowest BCUT2D eigenvalue weighted by Crippen LogP contribution is -2.41. The number of hydrogen-bond donors (Lipinski definition) is 2. The zero-order valence-corrected chi connectivity index (χ0v) is 17.1. The highest BCUT2D eigenvalue weighted by molar-refractivity contribution is 5.96. The van der Waals surface area contributed by atoms with Crippen molar-refractivity contribution < 1.29 is 9.59 Å². The number of carbonyl (C=O) groups excluding carboxylic acids is 2. The van der Waals surface area contributed by atoms with Gasteiger partial charge in [0, 0.05) is 30.3 Å². The number of fused-ring (bicyclic) bond motifs is 1. The molecule has 150 valence electrons. The van der Waals surface area contributed by atoms with E-state index in [9.17, 15) is 9.59 Å². The number of anilines is 1. The van der Waals surface area contributed by atoms with Gasteiger partial charge in [0.05, 0.1) is 11.0 Å². The minimum Gasteiger partial charge on any atom is -0.342 e. The highest BCUT2D eigenvalue weighted by Gasteiger charge is 2.27. The lowest BCUT2D eigenvalue weighted by molar-refractivity contribution is 0.101. The highest BCUT2D eigenvalue weighted by Crippen LogP contribution is 2.28. The van der Waals surface area contributed by atoms with Gasteiger partial charge in [-0.2, -0.15) is 0 Å². The molecule has 1 aliphatic rings. The highest BCUT2D eigenvalue weighted by atomic mass is 16.2. The van der Waals surface area contributed by atoms with Crippen molar-refractivity contribution in [3.05, 3.63) is 58.9 Å². The number of nitrogens with one attached hydrogen (secondary N) is 2. The monoisotopic (exact) mass is 390 g/mol. The van der Waals surface area contributed by atoms with E-state index in [2.05, 4.69) is 36.3 Å². The van der Waals surface area contributed by atoms with Crippen LogP contribution in [-0.2, 0) is 0 Å². The average Bonchev–Trinajstić information content (AvgIpc) is 3.11. The normalized spacial score (nSPS) is 16.8. The van der Waals surface area contributed by atoms with Gasteiger partial charge in [0.2, 0.25) is 0 Å². The van der Waals surface area contributed by atoms with Crippen LogP contribution in [0.5, 0.6) is 0 Å². The Morgan fingerprint density at radius 1 is 1.17 bits per heavy atom. The summed E-state index contributed by atoms with van der Waals surface area (Å²) in [6, 6.07) is 11.2. The molecule has 0 saturated carbocycles. The Morgan fingerprint density at radius 3 is 2.76 bits per heavy atom. The fourth-order valence-electron chi connectivity index (χ4n) is 3.89. The number of hydrogen-bond acceptors (Lipinski definition) is 3. The summed E-state index contributed by atoms with van der Waals surface area (Å²) in [4.78, 5) is 34.4. The Kier molecular flexibility index (Phi) is 5.09. The quantitative estimate of drug-likeness (QED) is 0.631. The first-order valence-corrected chi connectivity index (χ1v) is 10.0. The van der Waals surface area contributed by atoms with Crippen LogP contribution in [0.15, 0.2) is 36.4 Å². The number of piperidine rings is 1. The molecule has 2 amide bonds. The third kappa shape index (κ3) is 4.01. The number of rotatable bonds is 3. The Bertz CT molecular complexity index is 1050. The molecule has 3 aromatic rings. The van der Waals surface area contributed by atoms with Crippen LogP contribution < -0.4 is 5.32 Å². The van der Waals surface area contributed by atoms with Crippen molar-refractivity contribution in [2.45, 2.75) is 39.5 Å². The minimum absolute atomic E-state index is 0.0190. The summed E-state index contributed by atoms with van der Waals surface area (Å²) in [5, 5.41) is 2.92. The Labute approximate surface area is 170 Å². The number of imidazole rings is 1. The average molecular weight is 390 g/mol. The molecule has 1 saturated heterocycles. The van der Waals surface area contributed by atoms with Crippen molar-refractivity contribution in [3.63, 3.8) is 0 Å². The molecule has 0 aliphatic carbocycles. The van der Waals surface area contributed by atoms with Crippen LogP contribution in [0.3, 0.4) is 0 Å². The Hall–Kier alpha value is -3.15. The summed E-state index contributed by atoms with van der Waals surface area (Å²) in [7, 11) is 0. The molecule has 2 N–H and O–H groups in total. The number of aromatic nitrogens is 2. The second kappa shape index (κ2) is 7.70. The molecule has 2 heterocycles. The zero-order valence-electron chi connectivity index (χ0n) is 17.1. The van der Waals surface area contributed by atoms with Gasteiger partial charge in [0.25, 0.3) is 0 Å². The van der Waals surface area contributed by atoms with E-state index in [1.54, 1.807) is 24.3 Å². The summed E-state index contributed by atoms with van der Waals surface area (Å²) in [5.41, 5.74) is 5.72. The van der Waals surface area contributed by atoms with Crippen molar-refractivity contribution in [1.29, 1.82) is 0 Å².